The Morgan fingerprint density at radius 2 is 2.31 bits per heavy atom. The second kappa shape index (κ2) is 4.10. The van der Waals surface area contributed by atoms with E-state index in [2.05, 4.69) is 9.97 Å². The highest BCUT2D eigenvalue weighted by molar-refractivity contribution is 7.79. The summed E-state index contributed by atoms with van der Waals surface area (Å²) in [5, 5.41) is 9.07. The van der Waals surface area contributed by atoms with Gasteiger partial charge in [-0.1, -0.05) is 11.6 Å². The molecular weight excluding hydrogens is 216 g/mol. The van der Waals surface area contributed by atoms with Crippen LogP contribution in [0, 0.1) is 6.92 Å². The largest absolute Gasteiger partial charge is 0.372 e. The maximum Gasteiger partial charge on any atom is 0.200 e. The van der Waals surface area contributed by atoms with Crippen molar-refractivity contribution in [3.63, 3.8) is 0 Å². The van der Waals surface area contributed by atoms with E-state index in [1.54, 1.807) is 6.92 Å². The van der Waals surface area contributed by atoms with Crippen molar-refractivity contribution in [2.24, 2.45) is 0 Å². The van der Waals surface area contributed by atoms with Gasteiger partial charge in [-0.15, -0.1) is 0 Å². The smallest absolute Gasteiger partial charge is 0.200 e. The predicted molar refractivity (Wildman–Crippen MR) is 47.5 cm³/mol. The Kier molecular flexibility index (Phi) is 3.32. The third-order valence-corrected chi connectivity index (χ3v) is 2.18. The van der Waals surface area contributed by atoms with E-state index < -0.39 is 16.5 Å². The lowest BCUT2D eigenvalue weighted by molar-refractivity contribution is 0.246. The molecule has 0 aliphatic carbocycles. The predicted octanol–water partition coefficient (Wildman–Crippen LogP) is 0.651. The summed E-state index contributed by atoms with van der Waals surface area (Å²) in [5.41, 5.74) is -1.13. The van der Waals surface area contributed by atoms with Gasteiger partial charge in [-0.2, -0.15) is 0 Å². The summed E-state index contributed by atoms with van der Waals surface area (Å²) in [7, 11) is 0. The van der Waals surface area contributed by atoms with Crippen LogP contribution in [-0.2, 0) is 11.1 Å². The lowest BCUT2D eigenvalue weighted by Crippen LogP contribution is -2.08. The topological polar surface area (TPSA) is 83.3 Å². The zero-order valence-corrected chi connectivity index (χ0v) is 8.21. The lowest BCUT2D eigenvalue weighted by Gasteiger charge is -2.06. The molecule has 0 fully saturated rings. The van der Waals surface area contributed by atoms with Gasteiger partial charge >= 0.3 is 0 Å². The number of nitrogens with zero attached hydrogens (tertiary/aromatic N) is 2. The zero-order chi connectivity index (χ0) is 10.0. The Morgan fingerprint density at radius 3 is 2.77 bits per heavy atom. The van der Waals surface area contributed by atoms with E-state index in [4.69, 9.17) is 21.3 Å². The van der Waals surface area contributed by atoms with Crippen LogP contribution in [0.3, 0.4) is 0 Å². The second-order valence-electron chi connectivity index (χ2n) is 2.32. The van der Waals surface area contributed by atoms with Gasteiger partial charge in [-0.05, 0) is 6.92 Å². The SMILES string of the molecule is Cc1cnc(C(O)S(=O)O)c(Cl)n1. The Morgan fingerprint density at radius 1 is 1.69 bits per heavy atom. The molecule has 1 aromatic rings. The summed E-state index contributed by atoms with van der Waals surface area (Å²) >= 11 is 3.18. The summed E-state index contributed by atoms with van der Waals surface area (Å²) in [4.78, 5) is 7.48. The minimum Gasteiger partial charge on any atom is -0.372 e. The molecule has 0 saturated carbocycles. The van der Waals surface area contributed by atoms with Crippen molar-refractivity contribution in [2.45, 2.75) is 12.4 Å². The lowest BCUT2D eigenvalue weighted by atomic mass is 10.4. The van der Waals surface area contributed by atoms with Crippen molar-refractivity contribution >= 4 is 22.7 Å². The van der Waals surface area contributed by atoms with Crippen molar-refractivity contribution in [2.75, 3.05) is 0 Å². The highest BCUT2D eigenvalue weighted by Gasteiger charge is 2.19. The molecule has 72 valence electrons. The fourth-order valence-corrected chi connectivity index (χ4v) is 1.43. The van der Waals surface area contributed by atoms with E-state index in [0.29, 0.717) is 5.69 Å². The monoisotopic (exact) mass is 222 g/mol. The summed E-state index contributed by atoms with van der Waals surface area (Å²) < 4.78 is 19.0. The molecule has 1 aromatic heterocycles. The average Bonchev–Trinajstić information content (AvgIpc) is 2.03. The van der Waals surface area contributed by atoms with Crippen LogP contribution in [-0.4, -0.2) is 23.8 Å². The van der Waals surface area contributed by atoms with E-state index in [0.717, 1.165) is 0 Å². The number of halogens is 1. The second-order valence-corrected chi connectivity index (χ2v) is 3.67. The first-order valence-corrected chi connectivity index (χ1v) is 4.84. The number of hydrogen-bond donors (Lipinski definition) is 2. The third kappa shape index (κ3) is 2.44. The summed E-state index contributed by atoms with van der Waals surface area (Å²) in [6.07, 6.45) is 1.36. The average molecular weight is 223 g/mol. The van der Waals surface area contributed by atoms with Gasteiger partial charge < -0.3 is 9.66 Å². The summed E-state index contributed by atoms with van der Waals surface area (Å²) in [6.45, 7) is 1.67. The van der Waals surface area contributed by atoms with Crippen LogP contribution in [0.2, 0.25) is 5.15 Å². The van der Waals surface area contributed by atoms with Crippen LogP contribution < -0.4 is 0 Å². The molecule has 0 saturated heterocycles. The van der Waals surface area contributed by atoms with Gasteiger partial charge in [0.1, 0.15) is 5.69 Å². The minimum atomic E-state index is -2.41. The minimum absolute atomic E-state index is 0.0603. The standard InChI is InChI=1S/C6H7ClN2O3S/c1-3-2-8-4(5(7)9-3)6(10)13(11)12/h2,6,10H,1H3,(H,11,12). The van der Waals surface area contributed by atoms with Gasteiger partial charge in [0.25, 0.3) is 0 Å². The molecule has 0 aliphatic heterocycles. The molecule has 7 heteroatoms. The van der Waals surface area contributed by atoms with Crippen molar-refractivity contribution < 1.29 is 13.9 Å². The van der Waals surface area contributed by atoms with Crippen LogP contribution in [0.15, 0.2) is 6.20 Å². The molecule has 0 bridgehead atoms. The molecule has 0 amide bonds. The van der Waals surface area contributed by atoms with E-state index in [-0.39, 0.29) is 10.8 Å². The first kappa shape index (κ1) is 10.5. The van der Waals surface area contributed by atoms with Crippen LogP contribution >= 0.6 is 11.6 Å². The molecule has 2 atom stereocenters. The Bertz CT molecular complexity index is 347. The molecular formula is C6H7ClN2O3S. The van der Waals surface area contributed by atoms with Gasteiger partial charge in [0.05, 0.1) is 5.69 Å². The van der Waals surface area contributed by atoms with Gasteiger partial charge in [0.15, 0.2) is 21.7 Å². The molecule has 0 spiro atoms. The van der Waals surface area contributed by atoms with Crippen molar-refractivity contribution in [1.29, 1.82) is 0 Å². The molecule has 1 rings (SSSR count). The molecule has 2 N–H and O–H groups in total. The Hall–Kier alpha value is -0.560. The maximum atomic E-state index is 10.5. The van der Waals surface area contributed by atoms with E-state index in [1.165, 1.54) is 6.20 Å². The van der Waals surface area contributed by atoms with Crippen LogP contribution in [0.5, 0.6) is 0 Å². The number of aromatic nitrogens is 2. The summed E-state index contributed by atoms with van der Waals surface area (Å²) in [5.74, 6) is 0. The van der Waals surface area contributed by atoms with Gasteiger partial charge in [-0.25, -0.2) is 9.19 Å². The fraction of sp³-hybridized carbons (Fsp3) is 0.333. The molecule has 1 heterocycles. The van der Waals surface area contributed by atoms with E-state index >= 15 is 0 Å². The Balaban J connectivity index is 3.08. The quantitative estimate of drug-likeness (QED) is 0.718. The highest BCUT2D eigenvalue weighted by atomic mass is 35.5. The number of aliphatic hydroxyl groups excluding tert-OH is 1. The number of aliphatic hydroxyl groups is 1. The molecule has 5 nitrogen and oxygen atoms in total. The zero-order valence-electron chi connectivity index (χ0n) is 6.64. The number of rotatable bonds is 2. The van der Waals surface area contributed by atoms with Crippen molar-refractivity contribution in [1.82, 2.24) is 9.97 Å². The molecule has 2 unspecified atom stereocenters. The van der Waals surface area contributed by atoms with Crippen molar-refractivity contribution in [3.8, 4) is 0 Å². The van der Waals surface area contributed by atoms with Gasteiger partial charge in [-0.3, -0.25) is 4.98 Å². The molecule has 13 heavy (non-hydrogen) atoms. The van der Waals surface area contributed by atoms with Crippen LogP contribution in [0.1, 0.15) is 16.8 Å². The maximum absolute atomic E-state index is 10.5. The van der Waals surface area contributed by atoms with Crippen LogP contribution in [0.4, 0.5) is 0 Å². The van der Waals surface area contributed by atoms with E-state index in [9.17, 15) is 4.21 Å². The van der Waals surface area contributed by atoms with Crippen LogP contribution in [0.25, 0.3) is 0 Å². The normalized spacial score (nSPS) is 15.4. The Labute approximate surface area is 82.1 Å². The first-order chi connectivity index (χ1) is 6.02. The van der Waals surface area contributed by atoms with Gasteiger partial charge in [0, 0.05) is 6.20 Å². The number of aryl methyl sites for hydroxylation is 1. The first-order valence-electron chi connectivity index (χ1n) is 3.29. The van der Waals surface area contributed by atoms with Crippen molar-refractivity contribution in [3.05, 3.63) is 22.7 Å². The molecule has 0 radical (unpaired) electrons. The highest BCUT2D eigenvalue weighted by Crippen LogP contribution is 2.20. The number of hydrogen-bond acceptors (Lipinski definition) is 4. The molecule has 0 aromatic carbocycles. The third-order valence-electron chi connectivity index (χ3n) is 1.30. The summed E-state index contributed by atoms with van der Waals surface area (Å²) in [6, 6.07) is 0. The van der Waals surface area contributed by atoms with E-state index in [1.807, 2.05) is 0 Å². The van der Waals surface area contributed by atoms with Gasteiger partial charge in [0.2, 0.25) is 0 Å². The molecule has 0 aliphatic rings. The fourth-order valence-electron chi connectivity index (χ4n) is 0.718.